The van der Waals surface area contributed by atoms with E-state index >= 15 is 0 Å². The number of hydrogen-bond acceptors (Lipinski definition) is 2. The summed E-state index contributed by atoms with van der Waals surface area (Å²) >= 11 is 0. The molecule has 0 saturated heterocycles. The molecule has 1 aliphatic carbocycles. The molecule has 108 valence electrons. The van der Waals surface area contributed by atoms with Crippen LogP contribution in [0.25, 0.3) is 0 Å². The van der Waals surface area contributed by atoms with Crippen LogP contribution in [0.3, 0.4) is 0 Å². The van der Waals surface area contributed by atoms with Crippen molar-refractivity contribution in [2.75, 3.05) is 6.61 Å². The Balaban J connectivity index is 2.51. The van der Waals surface area contributed by atoms with Crippen LogP contribution in [0.4, 0.5) is 0 Å². The third-order valence-corrected chi connectivity index (χ3v) is 4.56. The van der Waals surface area contributed by atoms with Gasteiger partial charge in [0.15, 0.2) is 0 Å². The Bertz CT molecular complexity index is 244. The molecule has 0 bridgehead atoms. The fraction of sp³-hybridized carbons (Fsp3) is 1.00. The molecule has 18 heavy (non-hydrogen) atoms. The average molecular weight is 255 g/mol. The van der Waals surface area contributed by atoms with Crippen molar-refractivity contribution < 1.29 is 4.74 Å². The average Bonchev–Trinajstić information content (AvgIpc) is 2.24. The van der Waals surface area contributed by atoms with Crippen molar-refractivity contribution in [2.45, 2.75) is 73.0 Å². The summed E-state index contributed by atoms with van der Waals surface area (Å²) < 4.78 is 6.19. The van der Waals surface area contributed by atoms with Crippen molar-refractivity contribution in [2.24, 2.45) is 28.9 Å². The molecule has 1 saturated carbocycles. The molecule has 0 heterocycles. The normalized spacial score (nSPS) is 31.7. The van der Waals surface area contributed by atoms with E-state index in [9.17, 15) is 0 Å². The van der Waals surface area contributed by atoms with Gasteiger partial charge in [-0.3, -0.25) is 0 Å². The first-order valence-corrected chi connectivity index (χ1v) is 7.59. The number of hydrogen-bond donors (Lipinski definition) is 1. The molecular formula is C16H33NO. The Morgan fingerprint density at radius 1 is 1.22 bits per heavy atom. The molecular weight excluding hydrogens is 222 g/mol. The van der Waals surface area contributed by atoms with Gasteiger partial charge in [0.05, 0.1) is 12.7 Å². The van der Waals surface area contributed by atoms with E-state index in [2.05, 4.69) is 41.5 Å². The van der Waals surface area contributed by atoms with E-state index in [4.69, 9.17) is 10.5 Å². The Labute approximate surface area is 114 Å². The summed E-state index contributed by atoms with van der Waals surface area (Å²) in [4.78, 5) is 0. The molecule has 0 amide bonds. The van der Waals surface area contributed by atoms with Gasteiger partial charge in [0.2, 0.25) is 0 Å². The fourth-order valence-electron chi connectivity index (χ4n) is 2.78. The summed E-state index contributed by atoms with van der Waals surface area (Å²) in [6, 6.07) is 0.127. The second kappa shape index (κ2) is 6.38. The van der Waals surface area contributed by atoms with Crippen LogP contribution in [0.15, 0.2) is 0 Å². The quantitative estimate of drug-likeness (QED) is 0.828. The predicted octanol–water partition coefficient (Wildman–Crippen LogP) is 3.84. The van der Waals surface area contributed by atoms with Crippen molar-refractivity contribution >= 4 is 0 Å². The minimum Gasteiger partial charge on any atom is -0.376 e. The molecule has 0 radical (unpaired) electrons. The van der Waals surface area contributed by atoms with Crippen LogP contribution in [0.2, 0.25) is 0 Å². The molecule has 0 aromatic carbocycles. The summed E-state index contributed by atoms with van der Waals surface area (Å²) in [6.07, 6.45) is 4.30. The fourth-order valence-corrected chi connectivity index (χ4v) is 2.78. The van der Waals surface area contributed by atoms with E-state index in [0.717, 1.165) is 5.92 Å². The smallest absolute Gasteiger partial charge is 0.0626 e. The molecule has 0 spiro atoms. The van der Waals surface area contributed by atoms with E-state index in [1.54, 1.807) is 0 Å². The van der Waals surface area contributed by atoms with Crippen LogP contribution in [0, 0.1) is 23.2 Å². The summed E-state index contributed by atoms with van der Waals surface area (Å²) in [7, 11) is 0. The maximum Gasteiger partial charge on any atom is 0.0626 e. The van der Waals surface area contributed by atoms with Gasteiger partial charge in [-0.1, -0.05) is 48.0 Å². The van der Waals surface area contributed by atoms with Gasteiger partial charge in [-0.2, -0.15) is 0 Å². The zero-order valence-corrected chi connectivity index (χ0v) is 13.2. The van der Waals surface area contributed by atoms with Crippen molar-refractivity contribution in [1.82, 2.24) is 0 Å². The van der Waals surface area contributed by atoms with E-state index in [1.807, 2.05) is 0 Å². The van der Waals surface area contributed by atoms with Gasteiger partial charge in [0.1, 0.15) is 0 Å². The Kier molecular flexibility index (Phi) is 5.67. The first-order chi connectivity index (χ1) is 8.21. The highest BCUT2D eigenvalue weighted by molar-refractivity contribution is 4.83. The second-order valence-corrected chi connectivity index (χ2v) is 7.67. The van der Waals surface area contributed by atoms with Gasteiger partial charge < -0.3 is 10.5 Å². The summed E-state index contributed by atoms with van der Waals surface area (Å²) in [5, 5.41) is 0. The summed E-state index contributed by atoms with van der Waals surface area (Å²) in [6.45, 7) is 14.2. The maximum atomic E-state index is 6.20. The van der Waals surface area contributed by atoms with Crippen LogP contribution in [-0.2, 0) is 4.74 Å². The molecule has 4 atom stereocenters. The zero-order valence-electron chi connectivity index (χ0n) is 13.2. The van der Waals surface area contributed by atoms with E-state index < -0.39 is 0 Å². The third kappa shape index (κ3) is 4.55. The largest absolute Gasteiger partial charge is 0.376 e. The van der Waals surface area contributed by atoms with E-state index in [-0.39, 0.29) is 11.5 Å². The molecule has 0 aromatic rings. The molecule has 2 nitrogen and oxygen atoms in total. The lowest BCUT2D eigenvalue weighted by Crippen LogP contribution is -2.43. The second-order valence-electron chi connectivity index (χ2n) is 7.67. The minimum atomic E-state index is 0.127. The molecule has 0 aliphatic heterocycles. The molecule has 1 rings (SSSR count). The highest BCUT2D eigenvalue weighted by atomic mass is 16.5. The van der Waals surface area contributed by atoms with E-state index in [0.29, 0.717) is 24.5 Å². The topological polar surface area (TPSA) is 35.2 Å². The zero-order chi connectivity index (χ0) is 13.9. The van der Waals surface area contributed by atoms with Gasteiger partial charge in [-0.25, -0.2) is 0 Å². The monoisotopic (exact) mass is 255 g/mol. The highest BCUT2D eigenvalue weighted by Crippen LogP contribution is 2.35. The third-order valence-electron chi connectivity index (χ3n) is 4.56. The minimum absolute atomic E-state index is 0.127. The van der Waals surface area contributed by atoms with Crippen molar-refractivity contribution in [3.63, 3.8) is 0 Å². The van der Waals surface area contributed by atoms with Crippen molar-refractivity contribution in [3.05, 3.63) is 0 Å². The number of ether oxygens (including phenoxy) is 1. The van der Waals surface area contributed by atoms with Crippen LogP contribution in [-0.4, -0.2) is 18.8 Å². The standard InChI is InChI=1S/C16H33NO/c1-11(2)13-8-7-12(3)9-14(13)18-10-15(17)16(4,5)6/h11-15H,7-10,17H2,1-6H3. The summed E-state index contributed by atoms with van der Waals surface area (Å²) in [5.74, 6) is 2.23. The first-order valence-electron chi connectivity index (χ1n) is 7.59. The molecule has 1 fully saturated rings. The van der Waals surface area contributed by atoms with Crippen LogP contribution in [0.1, 0.15) is 60.8 Å². The molecule has 2 N–H and O–H groups in total. The lowest BCUT2D eigenvalue weighted by atomic mass is 9.75. The molecule has 4 unspecified atom stereocenters. The number of rotatable bonds is 4. The summed E-state index contributed by atoms with van der Waals surface area (Å²) in [5.41, 5.74) is 6.33. The van der Waals surface area contributed by atoms with Gasteiger partial charge in [0.25, 0.3) is 0 Å². The van der Waals surface area contributed by atoms with Gasteiger partial charge in [-0.05, 0) is 36.0 Å². The van der Waals surface area contributed by atoms with Crippen LogP contribution >= 0.6 is 0 Å². The highest BCUT2D eigenvalue weighted by Gasteiger charge is 2.32. The van der Waals surface area contributed by atoms with Gasteiger partial charge in [-0.15, -0.1) is 0 Å². The van der Waals surface area contributed by atoms with Crippen LogP contribution in [0.5, 0.6) is 0 Å². The lowest BCUT2D eigenvalue weighted by molar-refractivity contribution is -0.0510. The first kappa shape index (κ1) is 16.0. The molecule has 1 aliphatic rings. The SMILES string of the molecule is CC1CCC(C(C)C)C(OCC(N)C(C)(C)C)C1. The van der Waals surface area contributed by atoms with E-state index in [1.165, 1.54) is 19.3 Å². The number of nitrogens with two attached hydrogens (primary N) is 1. The van der Waals surface area contributed by atoms with Crippen molar-refractivity contribution in [3.8, 4) is 0 Å². The Hall–Kier alpha value is -0.0800. The Morgan fingerprint density at radius 2 is 1.83 bits per heavy atom. The maximum absolute atomic E-state index is 6.20. The molecule has 0 aromatic heterocycles. The van der Waals surface area contributed by atoms with Gasteiger partial charge >= 0.3 is 0 Å². The predicted molar refractivity (Wildman–Crippen MR) is 78.5 cm³/mol. The van der Waals surface area contributed by atoms with Crippen molar-refractivity contribution in [1.29, 1.82) is 0 Å². The molecule has 2 heteroatoms. The van der Waals surface area contributed by atoms with Gasteiger partial charge in [0, 0.05) is 6.04 Å². The van der Waals surface area contributed by atoms with Crippen LogP contribution < -0.4 is 5.73 Å². The lowest BCUT2D eigenvalue weighted by Gasteiger charge is -2.38. The Morgan fingerprint density at radius 3 is 2.33 bits per heavy atom.